The van der Waals surface area contributed by atoms with Gasteiger partial charge in [-0.2, -0.15) is 0 Å². The smallest absolute Gasteiger partial charge is 0.333 e. The van der Waals surface area contributed by atoms with Crippen LogP contribution in [0.4, 0.5) is 0 Å². The zero-order valence-electron chi connectivity index (χ0n) is 9.09. The van der Waals surface area contributed by atoms with Gasteiger partial charge in [0, 0.05) is 12.0 Å². The van der Waals surface area contributed by atoms with Crippen molar-refractivity contribution in [2.45, 2.75) is 13.3 Å². The van der Waals surface area contributed by atoms with Gasteiger partial charge in [-0.15, -0.1) is 0 Å². The van der Waals surface area contributed by atoms with Crippen molar-refractivity contribution in [1.82, 2.24) is 0 Å². The van der Waals surface area contributed by atoms with E-state index in [0.717, 1.165) is 17.4 Å². The number of rotatable bonds is 5. The number of nitrogens with zero attached hydrogens (tertiary/aromatic N) is 1. The summed E-state index contributed by atoms with van der Waals surface area (Å²) in [5.74, 6) is -0.290. The van der Waals surface area contributed by atoms with E-state index in [1.165, 1.54) is 0 Å². The molecular weight excluding hydrogens is 194 g/mol. The molecule has 0 atom stereocenters. The van der Waals surface area contributed by atoms with Crippen molar-refractivity contribution in [3.63, 3.8) is 0 Å². The molecule has 0 radical (unpaired) electrons. The van der Waals surface area contributed by atoms with Gasteiger partial charge in [-0.1, -0.05) is 6.58 Å². The summed E-state index contributed by atoms with van der Waals surface area (Å²) in [6.45, 7) is 6.65. The first-order valence-corrected chi connectivity index (χ1v) is 4.46. The van der Waals surface area contributed by atoms with E-state index in [0.29, 0.717) is 12.2 Å². The first-order chi connectivity index (χ1) is 5.83. The molecule has 0 rings (SSSR count). The van der Waals surface area contributed by atoms with Gasteiger partial charge in [-0.25, -0.2) is 4.79 Å². The summed E-state index contributed by atoms with van der Waals surface area (Å²) < 4.78 is 5.84. The molecule has 14 heavy (non-hydrogen) atoms. The van der Waals surface area contributed by atoms with Crippen LogP contribution in [-0.2, 0) is 9.53 Å². The number of carbonyl (C=O) groups excluding carboxylic acids is 1. The maximum atomic E-state index is 10.9. The van der Waals surface area contributed by atoms with Crippen LogP contribution in [-0.4, -0.2) is 55.7 Å². The lowest BCUT2D eigenvalue weighted by Gasteiger charge is -2.23. The standard InChI is InChI=1S/C10H20NO2.H4Si/c1-9(2)10(12)13-8-6-7-11(3,4)5;/h1,6-8H2,2-5H3;1H4/q+1;. The molecule has 0 aliphatic rings. The predicted molar refractivity (Wildman–Crippen MR) is 64.6 cm³/mol. The lowest BCUT2D eigenvalue weighted by molar-refractivity contribution is -0.870. The maximum Gasteiger partial charge on any atom is 0.333 e. The fourth-order valence-electron chi connectivity index (χ4n) is 0.827. The van der Waals surface area contributed by atoms with Crippen molar-refractivity contribution in [1.29, 1.82) is 0 Å². The third-order valence-electron chi connectivity index (χ3n) is 1.55. The van der Waals surface area contributed by atoms with Crippen LogP contribution in [0, 0.1) is 0 Å². The molecule has 0 bridgehead atoms. The predicted octanol–water partition coefficient (Wildman–Crippen LogP) is -0.250. The summed E-state index contributed by atoms with van der Waals surface area (Å²) in [7, 11) is 6.34. The molecule has 0 aliphatic carbocycles. The lowest BCUT2D eigenvalue weighted by atomic mass is 10.3. The summed E-state index contributed by atoms with van der Waals surface area (Å²) in [6.07, 6.45) is 0.891. The molecule has 0 saturated heterocycles. The van der Waals surface area contributed by atoms with E-state index < -0.39 is 0 Å². The highest BCUT2D eigenvalue weighted by Crippen LogP contribution is 1.96. The van der Waals surface area contributed by atoms with Crippen LogP contribution < -0.4 is 0 Å². The SMILES string of the molecule is C=C(C)C(=O)OCCC[N+](C)(C)C.[SiH4]. The largest absolute Gasteiger partial charge is 0.462 e. The number of esters is 1. The Hall–Kier alpha value is -0.613. The fraction of sp³-hybridized carbons (Fsp3) is 0.700. The molecule has 0 aromatic carbocycles. The first kappa shape index (κ1) is 15.8. The van der Waals surface area contributed by atoms with Gasteiger partial charge in [0.15, 0.2) is 0 Å². The second kappa shape index (κ2) is 6.78. The minimum atomic E-state index is -0.290. The Bertz CT molecular complexity index is 197. The fourth-order valence-corrected chi connectivity index (χ4v) is 0.827. The minimum absolute atomic E-state index is 0. The van der Waals surface area contributed by atoms with Crippen LogP contribution in [0.1, 0.15) is 13.3 Å². The number of ether oxygens (including phenoxy) is 1. The van der Waals surface area contributed by atoms with Crippen LogP contribution in [0.3, 0.4) is 0 Å². The van der Waals surface area contributed by atoms with E-state index in [-0.39, 0.29) is 16.9 Å². The first-order valence-electron chi connectivity index (χ1n) is 4.46. The molecule has 0 amide bonds. The molecule has 0 N–H and O–H groups in total. The van der Waals surface area contributed by atoms with Gasteiger partial charge in [-0.05, 0) is 17.9 Å². The summed E-state index contributed by atoms with van der Waals surface area (Å²) in [6, 6.07) is 0. The number of hydrogen-bond acceptors (Lipinski definition) is 2. The van der Waals surface area contributed by atoms with E-state index in [1.807, 2.05) is 0 Å². The number of hydrogen-bond donors (Lipinski definition) is 0. The third kappa shape index (κ3) is 9.47. The summed E-state index contributed by atoms with van der Waals surface area (Å²) in [4.78, 5) is 10.9. The second-order valence-corrected chi connectivity index (χ2v) is 4.28. The highest BCUT2D eigenvalue weighted by molar-refractivity contribution is 5.86. The normalized spacial score (nSPS) is 10.3. The van der Waals surface area contributed by atoms with Crippen LogP contribution in [0.5, 0.6) is 0 Å². The van der Waals surface area contributed by atoms with Gasteiger partial charge >= 0.3 is 5.97 Å². The van der Waals surface area contributed by atoms with Crippen molar-refractivity contribution in [3.8, 4) is 0 Å². The minimum Gasteiger partial charge on any atom is -0.462 e. The van der Waals surface area contributed by atoms with Gasteiger partial charge in [0.1, 0.15) is 0 Å². The van der Waals surface area contributed by atoms with Crippen molar-refractivity contribution in [2.24, 2.45) is 0 Å². The van der Waals surface area contributed by atoms with E-state index in [4.69, 9.17) is 4.74 Å². The highest BCUT2D eigenvalue weighted by atomic mass is 28.1. The Morgan fingerprint density at radius 2 is 1.86 bits per heavy atom. The van der Waals surface area contributed by atoms with Crippen molar-refractivity contribution < 1.29 is 14.0 Å². The van der Waals surface area contributed by atoms with E-state index in [9.17, 15) is 4.79 Å². The molecular formula is C10H24NO2Si+. The van der Waals surface area contributed by atoms with Crippen molar-refractivity contribution in [3.05, 3.63) is 12.2 Å². The average molecular weight is 218 g/mol. The average Bonchev–Trinajstić information content (AvgIpc) is 1.95. The zero-order valence-corrected chi connectivity index (χ0v) is 9.09. The Labute approximate surface area is 91.4 Å². The van der Waals surface area contributed by atoms with Crippen LogP contribution in [0.25, 0.3) is 0 Å². The second-order valence-electron chi connectivity index (χ2n) is 4.28. The Balaban J connectivity index is 0. The zero-order chi connectivity index (χ0) is 10.5. The van der Waals surface area contributed by atoms with Gasteiger partial charge in [0.2, 0.25) is 0 Å². The highest BCUT2D eigenvalue weighted by Gasteiger charge is 2.07. The van der Waals surface area contributed by atoms with Crippen molar-refractivity contribution in [2.75, 3.05) is 34.3 Å². The van der Waals surface area contributed by atoms with Crippen LogP contribution in [0.15, 0.2) is 12.2 Å². The maximum absolute atomic E-state index is 10.9. The summed E-state index contributed by atoms with van der Waals surface area (Å²) >= 11 is 0. The molecule has 0 unspecified atom stereocenters. The number of quaternary nitrogens is 1. The summed E-state index contributed by atoms with van der Waals surface area (Å²) in [5, 5.41) is 0. The Morgan fingerprint density at radius 1 is 1.36 bits per heavy atom. The molecule has 4 heteroatoms. The molecule has 0 aromatic heterocycles. The Morgan fingerprint density at radius 3 is 2.21 bits per heavy atom. The van der Waals surface area contributed by atoms with Gasteiger partial charge in [-0.3, -0.25) is 0 Å². The van der Waals surface area contributed by atoms with Crippen LogP contribution in [0.2, 0.25) is 0 Å². The van der Waals surface area contributed by atoms with E-state index >= 15 is 0 Å². The molecule has 0 aromatic rings. The molecule has 0 spiro atoms. The van der Waals surface area contributed by atoms with Gasteiger partial charge < -0.3 is 9.22 Å². The van der Waals surface area contributed by atoms with Gasteiger partial charge in [0.05, 0.1) is 34.3 Å². The monoisotopic (exact) mass is 218 g/mol. The molecule has 84 valence electrons. The van der Waals surface area contributed by atoms with Crippen LogP contribution >= 0.6 is 0 Å². The molecule has 0 aliphatic heterocycles. The summed E-state index contributed by atoms with van der Waals surface area (Å²) in [5.41, 5.74) is 0.463. The van der Waals surface area contributed by atoms with Crippen molar-refractivity contribution >= 4 is 16.9 Å². The molecule has 0 heterocycles. The third-order valence-corrected chi connectivity index (χ3v) is 1.55. The lowest BCUT2D eigenvalue weighted by Crippen LogP contribution is -2.35. The molecule has 0 saturated carbocycles. The van der Waals surface area contributed by atoms with Gasteiger partial charge in [0.25, 0.3) is 0 Å². The quantitative estimate of drug-likeness (QED) is 0.209. The van der Waals surface area contributed by atoms with E-state index in [2.05, 4.69) is 27.7 Å². The topological polar surface area (TPSA) is 26.3 Å². The molecule has 3 nitrogen and oxygen atoms in total. The van der Waals surface area contributed by atoms with E-state index in [1.54, 1.807) is 6.92 Å². The number of carbonyl (C=O) groups is 1. The Kier molecular flexibility index (Phi) is 7.68. The molecule has 0 fully saturated rings.